The molecule has 2 atom stereocenters. The van der Waals surface area contributed by atoms with Gasteiger partial charge in [-0.25, -0.2) is 4.79 Å². The number of ether oxygens (including phenoxy) is 2. The van der Waals surface area contributed by atoms with Gasteiger partial charge in [0.25, 0.3) is 0 Å². The van der Waals surface area contributed by atoms with Crippen LogP contribution in [0.25, 0.3) is 0 Å². The highest BCUT2D eigenvalue weighted by Crippen LogP contribution is 2.33. The minimum Gasteiger partial charge on any atom is -0.508 e. The molecule has 2 aromatic rings. The summed E-state index contributed by atoms with van der Waals surface area (Å²) >= 11 is 0. The monoisotopic (exact) mass is 583 g/mol. The van der Waals surface area contributed by atoms with Crippen LogP contribution in [0.4, 0.5) is 4.79 Å². The molecule has 0 spiro atoms. The molecule has 0 aromatic heterocycles. The van der Waals surface area contributed by atoms with Gasteiger partial charge in [0, 0.05) is 12.0 Å². The maximum atomic E-state index is 14.6. The molecule has 0 aliphatic rings. The predicted octanol–water partition coefficient (Wildman–Crippen LogP) is 4.49. The third-order valence-electron chi connectivity index (χ3n) is 6.82. The smallest absolute Gasteiger partial charge is 0.408 e. The number of aromatic hydroxyl groups is 1. The number of benzene rings is 2. The molecule has 230 valence electrons. The molecular formula is C32H45N3O7. The molecule has 3 N–H and O–H groups in total. The second-order valence-corrected chi connectivity index (χ2v) is 12.1. The summed E-state index contributed by atoms with van der Waals surface area (Å²) in [5, 5.41) is 15.1. The van der Waals surface area contributed by atoms with Gasteiger partial charge in [-0.3, -0.25) is 14.4 Å². The molecule has 0 aliphatic heterocycles. The quantitative estimate of drug-likeness (QED) is 0.332. The van der Waals surface area contributed by atoms with Gasteiger partial charge in [0.05, 0.1) is 7.11 Å². The van der Waals surface area contributed by atoms with Crippen molar-refractivity contribution in [2.75, 3.05) is 13.7 Å². The highest BCUT2D eigenvalue weighted by atomic mass is 16.6. The zero-order valence-electron chi connectivity index (χ0n) is 26.2. The molecule has 0 radical (unpaired) electrons. The van der Waals surface area contributed by atoms with Crippen molar-refractivity contribution in [3.8, 4) is 5.75 Å². The summed E-state index contributed by atoms with van der Waals surface area (Å²) in [6, 6.07) is 9.67. The van der Waals surface area contributed by atoms with Crippen LogP contribution in [0.5, 0.6) is 5.75 Å². The van der Waals surface area contributed by atoms with Gasteiger partial charge < -0.3 is 30.1 Å². The Hall–Kier alpha value is -4.08. The van der Waals surface area contributed by atoms with E-state index in [1.165, 1.54) is 24.1 Å². The Balaban J connectivity index is 2.70. The number of esters is 1. The van der Waals surface area contributed by atoms with E-state index in [0.29, 0.717) is 17.5 Å². The number of phenolic OH excluding ortho intramolecular Hbond substituents is 1. The van der Waals surface area contributed by atoms with E-state index in [1.54, 1.807) is 32.9 Å². The Morgan fingerprint density at radius 2 is 1.52 bits per heavy atom. The van der Waals surface area contributed by atoms with Gasteiger partial charge >= 0.3 is 12.1 Å². The van der Waals surface area contributed by atoms with Crippen molar-refractivity contribution in [2.24, 2.45) is 0 Å². The van der Waals surface area contributed by atoms with Gasteiger partial charge in [-0.1, -0.05) is 48.4 Å². The molecule has 0 aliphatic carbocycles. The molecule has 42 heavy (non-hydrogen) atoms. The van der Waals surface area contributed by atoms with Crippen molar-refractivity contribution in [3.63, 3.8) is 0 Å². The molecular weight excluding hydrogens is 538 g/mol. The van der Waals surface area contributed by atoms with E-state index in [2.05, 4.69) is 10.6 Å². The lowest BCUT2D eigenvalue weighted by Crippen LogP contribution is -2.60. The summed E-state index contributed by atoms with van der Waals surface area (Å²) in [5.74, 6) is -1.65. The molecule has 10 heteroatoms. The summed E-state index contributed by atoms with van der Waals surface area (Å²) in [7, 11) is 1.22. The molecule has 0 saturated carbocycles. The fraction of sp³-hybridized carbons (Fsp3) is 0.500. The molecule has 10 nitrogen and oxygen atoms in total. The second-order valence-electron chi connectivity index (χ2n) is 12.1. The van der Waals surface area contributed by atoms with Gasteiger partial charge in [-0.05, 0) is 78.1 Å². The Morgan fingerprint density at radius 3 is 2.02 bits per heavy atom. The molecule has 0 bridgehead atoms. The number of hydrogen-bond donors (Lipinski definition) is 3. The summed E-state index contributed by atoms with van der Waals surface area (Å²) in [6.07, 6.45) is -0.243. The second kappa shape index (κ2) is 14.2. The van der Waals surface area contributed by atoms with Crippen molar-refractivity contribution < 1.29 is 33.8 Å². The number of amides is 3. The number of phenols is 1. The van der Waals surface area contributed by atoms with Crippen LogP contribution in [-0.4, -0.2) is 64.7 Å². The average Bonchev–Trinajstić information content (AvgIpc) is 2.88. The van der Waals surface area contributed by atoms with Crippen molar-refractivity contribution in [2.45, 2.75) is 91.5 Å². The first kappa shape index (κ1) is 34.1. The van der Waals surface area contributed by atoms with Gasteiger partial charge in [-0.15, -0.1) is 0 Å². The molecule has 3 amide bonds. The van der Waals surface area contributed by atoms with E-state index < -0.39 is 47.1 Å². The molecule has 0 saturated heterocycles. The van der Waals surface area contributed by atoms with E-state index in [9.17, 15) is 24.3 Å². The maximum absolute atomic E-state index is 14.6. The number of rotatable bonds is 11. The van der Waals surface area contributed by atoms with Crippen LogP contribution in [0, 0.1) is 13.8 Å². The lowest BCUT2D eigenvalue weighted by atomic mass is 9.90. The van der Waals surface area contributed by atoms with Gasteiger partial charge in [-0.2, -0.15) is 0 Å². The maximum Gasteiger partial charge on any atom is 0.408 e. The van der Waals surface area contributed by atoms with Crippen molar-refractivity contribution in [1.29, 1.82) is 0 Å². The van der Waals surface area contributed by atoms with E-state index in [4.69, 9.17) is 9.47 Å². The third-order valence-corrected chi connectivity index (χ3v) is 6.82. The van der Waals surface area contributed by atoms with E-state index in [0.717, 1.165) is 11.1 Å². The van der Waals surface area contributed by atoms with Crippen LogP contribution in [0.2, 0.25) is 0 Å². The fourth-order valence-corrected chi connectivity index (χ4v) is 4.54. The van der Waals surface area contributed by atoms with E-state index >= 15 is 0 Å². The van der Waals surface area contributed by atoms with Crippen LogP contribution in [-0.2, 0) is 30.3 Å². The SMILES string of the molecule is CCC(C)(C)N(C(=O)C(Cc1ccc(O)cc1)NC(=O)OC(C)(C)C)C(C(=O)NCC(=O)OC)c1cc(C)cc(C)c1. The highest BCUT2D eigenvalue weighted by molar-refractivity contribution is 5.94. The number of hydrogen-bond acceptors (Lipinski definition) is 7. The molecule has 0 heterocycles. The minimum atomic E-state index is -1.14. The predicted molar refractivity (Wildman–Crippen MR) is 160 cm³/mol. The standard InChI is InChI=1S/C32H45N3O7/c1-10-32(7,8)35(27(28(38)33-19-26(37)41-9)23-16-20(2)15-21(3)17-23)29(39)25(34-30(40)42-31(4,5)6)18-22-11-13-24(36)14-12-22/h11-17,25,27,36H,10,18-19H2,1-9H3,(H,33,38)(H,34,40). The van der Waals surface area contributed by atoms with Crippen LogP contribution in [0.15, 0.2) is 42.5 Å². The van der Waals surface area contributed by atoms with E-state index in [1.807, 2.05) is 52.8 Å². The minimum absolute atomic E-state index is 0.0626. The average molecular weight is 584 g/mol. The molecule has 2 aromatic carbocycles. The number of aryl methyl sites for hydroxylation is 2. The van der Waals surface area contributed by atoms with Gasteiger partial charge in [0.2, 0.25) is 11.8 Å². The fourth-order valence-electron chi connectivity index (χ4n) is 4.54. The Labute approximate surface area is 248 Å². The molecule has 0 fully saturated rings. The number of nitrogens with zero attached hydrogens (tertiary/aromatic N) is 1. The Bertz CT molecular complexity index is 1250. The number of alkyl carbamates (subject to hydrolysis) is 1. The highest BCUT2D eigenvalue weighted by Gasteiger charge is 2.43. The van der Waals surface area contributed by atoms with Crippen LogP contribution in [0.1, 0.15) is 76.3 Å². The first-order chi connectivity index (χ1) is 19.5. The van der Waals surface area contributed by atoms with Crippen molar-refractivity contribution in [1.82, 2.24) is 15.5 Å². The van der Waals surface area contributed by atoms with Crippen LogP contribution in [0.3, 0.4) is 0 Å². The van der Waals surface area contributed by atoms with Gasteiger partial charge in [0.1, 0.15) is 30.0 Å². The number of carbonyl (C=O) groups is 4. The van der Waals surface area contributed by atoms with Crippen molar-refractivity contribution in [3.05, 3.63) is 64.7 Å². The number of methoxy groups -OCH3 is 1. The van der Waals surface area contributed by atoms with Crippen molar-refractivity contribution >= 4 is 23.9 Å². The molecule has 2 rings (SSSR count). The summed E-state index contributed by atoms with van der Waals surface area (Å²) in [6.45, 7) is 14.2. The first-order valence-corrected chi connectivity index (χ1v) is 14.0. The largest absolute Gasteiger partial charge is 0.508 e. The zero-order chi connectivity index (χ0) is 31.8. The Kier molecular flexibility index (Phi) is 11.5. The van der Waals surface area contributed by atoms with E-state index in [-0.39, 0.29) is 18.7 Å². The zero-order valence-corrected chi connectivity index (χ0v) is 26.2. The van der Waals surface area contributed by atoms with Gasteiger partial charge in [0.15, 0.2) is 0 Å². The Morgan fingerprint density at radius 1 is 0.952 bits per heavy atom. The molecule has 2 unspecified atom stereocenters. The number of carbonyl (C=O) groups excluding carboxylic acids is 4. The van der Waals surface area contributed by atoms with Crippen LogP contribution < -0.4 is 10.6 Å². The summed E-state index contributed by atoms with van der Waals surface area (Å²) in [5.41, 5.74) is 1.34. The number of nitrogens with one attached hydrogen (secondary N) is 2. The first-order valence-electron chi connectivity index (χ1n) is 14.0. The lowest BCUT2D eigenvalue weighted by molar-refractivity contribution is -0.150. The normalized spacial score (nSPS) is 13.0. The van der Waals surface area contributed by atoms with Crippen LogP contribution >= 0.6 is 0 Å². The lowest BCUT2D eigenvalue weighted by Gasteiger charge is -2.44. The summed E-state index contributed by atoms with van der Waals surface area (Å²) in [4.78, 5) is 54.9. The third kappa shape index (κ3) is 9.78. The topological polar surface area (TPSA) is 134 Å². The summed E-state index contributed by atoms with van der Waals surface area (Å²) < 4.78 is 10.2.